The Labute approximate surface area is 181 Å². The van der Waals surface area contributed by atoms with Gasteiger partial charge in [-0.15, -0.1) is 0 Å². The number of likely N-dealkylation sites (tertiary alicyclic amines) is 1. The highest BCUT2D eigenvalue weighted by Gasteiger charge is 2.14. The molecule has 1 aliphatic rings. The van der Waals surface area contributed by atoms with Gasteiger partial charge in [0.15, 0.2) is 12.6 Å². The Bertz CT molecular complexity index is 657. The molecule has 0 radical (unpaired) electrons. The van der Waals surface area contributed by atoms with Crippen LogP contribution in [0.5, 0.6) is 5.75 Å². The van der Waals surface area contributed by atoms with Crippen LogP contribution in [0.1, 0.15) is 45.6 Å². The normalized spacial score (nSPS) is 15.6. The molecule has 0 spiro atoms. The fourth-order valence-corrected chi connectivity index (χ4v) is 3.44. The monoisotopic (exact) mass is 417 g/mol. The number of carbonyl (C=O) groups excluding carboxylic acids is 1. The lowest BCUT2D eigenvalue weighted by Crippen LogP contribution is -2.39. The summed E-state index contributed by atoms with van der Waals surface area (Å²) in [6.45, 7) is 12.8. The van der Waals surface area contributed by atoms with Gasteiger partial charge < -0.3 is 25.6 Å². The van der Waals surface area contributed by atoms with Gasteiger partial charge in [0.2, 0.25) is 0 Å². The number of piperidine rings is 1. The van der Waals surface area contributed by atoms with Crippen LogP contribution < -0.4 is 20.7 Å². The van der Waals surface area contributed by atoms with Crippen molar-refractivity contribution in [1.29, 1.82) is 0 Å². The first-order chi connectivity index (χ1) is 14.6. The minimum atomic E-state index is -0.112. The molecule has 1 saturated heterocycles. The number of aliphatic imine (C=N–C) groups is 1. The third kappa shape index (κ3) is 9.48. The summed E-state index contributed by atoms with van der Waals surface area (Å²) in [4.78, 5) is 18.8. The van der Waals surface area contributed by atoms with Crippen LogP contribution >= 0.6 is 0 Å². The smallest absolute Gasteiger partial charge is 0.257 e. The Hall–Kier alpha value is -2.28. The Balaban J connectivity index is 1.76. The standard InChI is InChI=1S/C23H39N5O2/c1-4-24-22(29)18-30-21-9-6-8-20(16-21)17-27-23(25-5-2)26-12-7-13-28-14-10-19(3)11-15-28/h6,8-9,16,19H,4-5,7,10-15,17-18H2,1-3H3,(H,24,29)(H2,25,26,27). The van der Waals surface area contributed by atoms with E-state index in [-0.39, 0.29) is 12.5 Å². The maximum Gasteiger partial charge on any atom is 0.257 e. The SMILES string of the molecule is CCNC(=O)COc1cccc(CN=C(NCC)NCCCN2CCC(C)CC2)c1. The molecule has 1 aromatic carbocycles. The average molecular weight is 418 g/mol. The summed E-state index contributed by atoms with van der Waals surface area (Å²) < 4.78 is 5.56. The van der Waals surface area contributed by atoms with Crippen molar-refractivity contribution in [3.63, 3.8) is 0 Å². The van der Waals surface area contributed by atoms with Gasteiger partial charge in [-0.1, -0.05) is 19.1 Å². The Morgan fingerprint density at radius 1 is 1.17 bits per heavy atom. The molecule has 1 heterocycles. The van der Waals surface area contributed by atoms with Gasteiger partial charge in [-0.05, 0) is 76.4 Å². The number of nitrogens with one attached hydrogen (secondary N) is 3. The molecule has 1 aliphatic heterocycles. The van der Waals surface area contributed by atoms with E-state index in [9.17, 15) is 4.79 Å². The minimum absolute atomic E-state index is 0.0285. The molecule has 1 amide bonds. The fraction of sp³-hybridized carbons (Fsp3) is 0.652. The van der Waals surface area contributed by atoms with Crippen molar-refractivity contribution >= 4 is 11.9 Å². The van der Waals surface area contributed by atoms with Crippen molar-refractivity contribution in [2.75, 3.05) is 45.9 Å². The van der Waals surface area contributed by atoms with Gasteiger partial charge in [0.25, 0.3) is 5.91 Å². The molecule has 0 aromatic heterocycles. The highest BCUT2D eigenvalue weighted by Crippen LogP contribution is 2.16. The molecular weight excluding hydrogens is 378 g/mol. The van der Waals surface area contributed by atoms with Crippen molar-refractivity contribution in [1.82, 2.24) is 20.9 Å². The number of rotatable bonds is 11. The Morgan fingerprint density at radius 3 is 2.67 bits per heavy atom. The number of hydrogen-bond donors (Lipinski definition) is 3. The van der Waals surface area contributed by atoms with Gasteiger partial charge >= 0.3 is 0 Å². The third-order valence-corrected chi connectivity index (χ3v) is 5.23. The first-order valence-electron chi connectivity index (χ1n) is 11.3. The topological polar surface area (TPSA) is 78.0 Å². The van der Waals surface area contributed by atoms with Crippen LogP contribution in [0.3, 0.4) is 0 Å². The molecule has 1 fully saturated rings. The number of carbonyl (C=O) groups is 1. The summed E-state index contributed by atoms with van der Waals surface area (Å²) in [5, 5.41) is 9.47. The van der Waals surface area contributed by atoms with Gasteiger partial charge in [-0.25, -0.2) is 4.99 Å². The number of likely N-dealkylation sites (N-methyl/N-ethyl adjacent to an activating group) is 1. The van der Waals surface area contributed by atoms with E-state index in [1.807, 2.05) is 31.2 Å². The zero-order chi connectivity index (χ0) is 21.6. The van der Waals surface area contributed by atoms with Gasteiger partial charge in [0.05, 0.1) is 6.54 Å². The van der Waals surface area contributed by atoms with Crippen LogP contribution in [0.25, 0.3) is 0 Å². The van der Waals surface area contributed by atoms with E-state index >= 15 is 0 Å². The molecule has 1 aromatic rings. The highest BCUT2D eigenvalue weighted by atomic mass is 16.5. The van der Waals surface area contributed by atoms with E-state index in [4.69, 9.17) is 4.74 Å². The zero-order valence-electron chi connectivity index (χ0n) is 18.9. The molecular formula is C23H39N5O2. The average Bonchev–Trinajstić information content (AvgIpc) is 2.75. The van der Waals surface area contributed by atoms with Crippen LogP contribution in [-0.2, 0) is 11.3 Å². The van der Waals surface area contributed by atoms with Gasteiger partial charge in [-0.2, -0.15) is 0 Å². The predicted molar refractivity (Wildman–Crippen MR) is 123 cm³/mol. The number of guanidine groups is 1. The van der Waals surface area contributed by atoms with Crippen LogP contribution in [0.2, 0.25) is 0 Å². The summed E-state index contributed by atoms with van der Waals surface area (Å²) >= 11 is 0. The molecule has 0 bridgehead atoms. The van der Waals surface area contributed by atoms with Crippen molar-refractivity contribution in [2.45, 2.75) is 46.6 Å². The molecule has 2 rings (SSSR count). The second-order valence-corrected chi connectivity index (χ2v) is 7.89. The Kier molecular flexibility index (Phi) is 11.1. The lowest BCUT2D eigenvalue weighted by molar-refractivity contribution is -0.122. The van der Waals surface area contributed by atoms with Gasteiger partial charge in [0, 0.05) is 19.6 Å². The van der Waals surface area contributed by atoms with Gasteiger partial charge in [-0.3, -0.25) is 4.79 Å². The quantitative estimate of drug-likeness (QED) is 0.293. The van der Waals surface area contributed by atoms with E-state index < -0.39 is 0 Å². The second-order valence-electron chi connectivity index (χ2n) is 7.89. The molecule has 0 aliphatic carbocycles. The van der Waals surface area contributed by atoms with E-state index in [1.54, 1.807) is 0 Å². The largest absolute Gasteiger partial charge is 0.484 e. The molecule has 0 atom stereocenters. The number of nitrogens with zero attached hydrogens (tertiary/aromatic N) is 2. The highest BCUT2D eigenvalue weighted by molar-refractivity contribution is 5.79. The lowest BCUT2D eigenvalue weighted by Gasteiger charge is -2.30. The first kappa shape index (κ1) is 24.0. The molecule has 168 valence electrons. The molecule has 7 nitrogen and oxygen atoms in total. The number of ether oxygens (including phenoxy) is 1. The van der Waals surface area contributed by atoms with E-state index in [0.717, 1.165) is 43.5 Å². The number of benzene rings is 1. The van der Waals surface area contributed by atoms with Crippen LogP contribution in [0.15, 0.2) is 29.3 Å². The van der Waals surface area contributed by atoms with Crippen LogP contribution in [0, 0.1) is 5.92 Å². The molecule has 7 heteroatoms. The van der Waals surface area contributed by atoms with Crippen molar-refractivity contribution in [3.8, 4) is 5.75 Å². The number of amides is 1. The lowest BCUT2D eigenvalue weighted by atomic mass is 9.99. The summed E-state index contributed by atoms with van der Waals surface area (Å²) in [6, 6.07) is 7.74. The zero-order valence-corrected chi connectivity index (χ0v) is 18.9. The van der Waals surface area contributed by atoms with Crippen LogP contribution in [-0.4, -0.2) is 62.6 Å². The first-order valence-corrected chi connectivity index (χ1v) is 11.3. The molecule has 3 N–H and O–H groups in total. The van der Waals surface area contributed by atoms with Crippen molar-refractivity contribution < 1.29 is 9.53 Å². The summed E-state index contributed by atoms with van der Waals surface area (Å²) in [6.07, 6.45) is 3.76. The molecule has 30 heavy (non-hydrogen) atoms. The summed E-state index contributed by atoms with van der Waals surface area (Å²) in [5.74, 6) is 2.28. The molecule has 0 unspecified atom stereocenters. The third-order valence-electron chi connectivity index (χ3n) is 5.23. The Morgan fingerprint density at radius 2 is 1.93 bits per heavy atom. The van der Waals surface area contributed by atoms with E-state index in [2.05, 4.69) is 39.7 Å². The van der Waals surface area contributed by atoms with Crippen LogP contribution in [0.4, 0.5) is 0 Å². The summed E-state index contributed by atoms with van der Waals surface area (Å²) in [7, 11) is 0. The van der Waals surface area contributed by atoms with E-state index in [0.29, 0.717) is 18.8 Å². The second kappa shape index (κ2) is 13.9. The maximum atomic E-state index is 11.6. The minimum Gasteiger partial charge on any atom is -0.484 e. The summed E-state index contributed by atoms with van der Waals surface area (Å²) in [5.41, 5.74) is 1.04. The fourth-order valence-electron chi connectivity index (χ4n) is 3.44. The molecule has 0 saturated carbocycles. The number of hydrogen-bond acceptors (Lipinski definition) is 4. The van der Waals surface area contributed by atoms with Gasteiger partial charge in [0.1, 0.15) is 5.75 Å². The van der Waals surface area contributed by atoms with Crippen molar-refractivity contribution in [3.05, 3.63) is 29.8 Å². The van der Waals surface area contributed by atoms with E-state index in [1.165, 1.54) is 25.9 Å². The maximum absolute atomic E-state index is 11.6. The predicted octanol–water partition coefficient (Wildman–Crippen LogP) is 2.38. The van der Waals surface area contributed by atoms with Crippen molar-refractivity contribution in [2.24, 2.45) is 10.9 Å².